The minimum absolute atomic E-state index is 0.217. The van der Waals surface area contributed by atoms with Gasteiger partial charge < -0.3 is 14.3 Å². The van der Waals surface area contributed by atoms with Crippen LogP contribution in [-0.2, 0) is 6.61 Å². The van der Waals surface area contributed by atoms with E-state index in [0.717, 1.165) is 5.69 Å². The second-order valence-corrected chi connectivity index (χ2v) is 3.17. The first-order chi connectivity index (χ1) is 7.24. The zero-order chi connectivity index (χ0) is 10.7. The predicted octanol–water partition coefficient (Wildman–Crippen LogP) is 2.27. The lowest BCUT2D eigenvalue weighted by atomic mass is 10.3. The summed E-state index contributed by atoms with van der Waals surface area (Å²) in [5.41, 5.74) is 0.833. The Morgan fingerprint density at radius 3 is 2.67 bits per heavy atom. The predicted molar refractivity (Wildman–Crippen MR) is 53.7 cm³/mol. The van der Waals surface area contributed by atoms with Crippen LogP contribution in [-0.4, -0.2) is 10.1 Å². The van der Waals surface area contributed by atoms with Crippen LogP contribution in [0.2, 0.25) is 0 Å². The fourth-order valence-corrected chi connectivity index (χ4v) is 1.16. The van der Waals surface area contributed by atoms with Crippen molar-refractivity contribution in [3.05, 3.63) is 42.1 Å². The average molecular weight is 205 g/mol. The standard InChI is InChI=1S/C11H11NO3/c1-8-6-15-11(12-8)7-14-10-4-2-9(13)3-5-10/h2-6,13H,7H2,1H3. The molecule has 0 aliphatic carbocycles. The molecule has 1 aromatic carbocycles. The maximum Gasteiger partial charge on any atom is 0.232 e. The van der Waals surface area contributed by atoms with Crippen LogP contribution in [0.3, 0.4) is 0 Å². The Kier molecular flexibility index (Phi) is 2.58. The second kappa shape index (κ2) is 4.04. The van der Waals surface area contributed by atoms with Gasteiger partial charge in [-0.2, -0.15) is 0 Å². The number of aryl methyl sites for hydroxylation is 1. The van der Waals surface area contributed by atoms with E-state index >= 15 is 0 Å². The van der Waals surface area contributed by atoms with Crippen molar-refractivity contribution in [2.45, 2.75) is 13.5 Å². The van der Waals surface area contributed by atoms with Crippen LogP contribution in [0.1, 0.15) is 11.6 Å². The molecule has 0 spiro atoms. The van der Waals surface area contributed by atoms with Crippen LogP contribution in [0.4, 0.5) is 0 Å². The molecule has 0 saturated heterocycles. The molecule has 0 aliphatic rings. The van der Waals surface area contributed by atoms with E-state index in [-0.39, 0.29) is 5.75 Å². The third kappa shape index (κ3) is 2.49. The molecule has 0 amide bonds. The smallest absolute Gasteiger partial charge is 0.232 e. The Labute approximate surface area is 87.1 Å². The number of aromatic nitrogens is 1. The maximum absolute atomic E-state index is 9.06. The molecule has 4 nitrogen and oxygen atoms in total. The van der Waals surface area contributed by atoms with Crippen molar-refractivity contribution < 1.29 is 14.3 Å². The summed E-state index contributed by atoms with van der Waals surface area (Å²) in [5, 5.41) is 9.06. The fraction of sp³-hybridized carbons (Fsp3) is 0.182. The van der Waals surface area contributed by atoms with Gasteiger partial charge in [-0.3, -0.25) is 0 Å². The Morgan fingerprint density at radius 2 is 2.07 bits per heavy atom. The summed E-state index contributed by atoms with van der Waals surface area (Å²) in [4.78, 5) is 4.10. The molecule has 0 atom stereocenters. The lowest BCUT2D eigenvalue weighted by Crippen LogP contribution is -1.95. The largest absolute Gasteiger partial charge is 0.508 e. The maximum atomic E-state index is 9.06. The quantitative estimate of drug-likeness (QED) is 0.835. The molecule has 1 aromatic heterocycles. The SMILES string of the molecule is Cc1coc(COc2ccc(O)cc2)n1. The Hall–Kier alpha value is -1.97. The number of phenolic OH excluding ortho intramolecular Hbond substituents is 1. The van der Waals surface area contributed by atoms with Crippen molar-refractivity contribution in [2.24, 2.45) is 0 Å². The van der Waals surface area contributed by atoms with Crippen LogP contribution in [0.5, 0.6) is 11.5 Å². The summed E-state index contributed by atoms with van der Waals surface area (Å²) in [6, 6.07) is 6.50. The van der Waals surface area contributed by atoms with Gasteiger partial charge in [0.25, 0.3) is 0 Å². The summed E-state index contributed by atoms with van der Waals surface area (Å²) in [5.74, 6) is 1.43. The van der Waals surface area contributed by atoms with E-state index in [2.05, 4.69) is 4.98 Å². The molecule has 2 rings (SSSR count). The molecular formula is C11H11NO3. The normalized spacial score (nSPS) is 10.2. The van der Waals surface area contributed by atoms with Crippen molar-refractivity contribution in [3.63, 3.8) is 0 Å². The molecule has 0 bridgehead atoms. The van der Waals surface area contributed by atoms with E-state index in [1.807, 2.05) is 6.92 Å². The van der Waals surface area contributed by atoms with Crippen molar-refractivity contribution in [2.75, 3.05) is 0 Å². The van der Waals surface area contributed by atoms with E-state index in [4.69, 9.17) is 14.3 Å². The molecule has 15 heavy (non-hydrogen) atoms. The van der Waals surface area contributed by atoms with Gasteiger partial charge >= 0.3 is 0 Å². The minimum Gasteiger partial charge on any atom is -0.508 e. The number of phenols is 1. The molecule has 0 fully saturated rings. The third-order valence-corrected chi connectivity index (χ3v) is 1.87. The van der Waals surface area contributed by atoms with Gasteiger partial charge in [0.2, 0.25) is 5.89 Å². The first kappa shape index (κ1) is 9.58. The Balaban J connectivity index is 1.96. The van der Waals surface area contributed by atoms with E-state index in [1.165, 1.54) is 0 Å². The summed E-state index contributed by atoms with van der Waals surface area (Å²) in [6.07, 6.45) is 1.58. The van der Waals surface area contributed by atoms with E-state index in [1.54, 1.807) is 30.5 Å². The van der Waals surface area contributed by atoms with Crippen molar-refractivity contribution in [1.29, 1.82) is 0 Å². The minimum atomic E-state index is 0.217. The van der Waals surface area contributed by atoms with Crippen LogP contribution in [0.25, 0.3) is 0 Å². The van der Waals surface area contributed by atoms with Crippen LogP contribution in [0, 0.1) is 6.92 Å². The highest BCUT2D eigenvalue weighted by molar-refractivity contribution is 5.30. The number of rotatable bonds is 3. The summed E-state index contributed by atoms with van der Waals surface area (Å²) >= 11 is 0. The highest BCUT2D eigenvalue weighted by Crippen LogP contribution is 2.17. The van der Waals surface area contributed by atoms with E-state index in [9.17, 15) is 0 Å². The van der Waals surface area contributed by atoms with Gasteiger partial charge in [-0.25, -0.2) is 4.98 Å². The van der Waals surface area contributed by atoms with Crippen molar-refractivity contribution >= 4 is 0 Å². The monoisotopic (exact) mass is 205 g/mol. The number of nitrogens with zero attached hydrogens (tertiary/aromatic N) is 1. The first-order valence-corrected chi connectivity index (χ1v) is 4.57. The number of aromatic hydroxyl groups is 1. The van der Waals surface area contributed by atoms with E-state index < -0.39 is 0 Å². The van der Waals surface area contributed by atoms with Crippen molar-refractivity contribution in [3.8, 4) is 11.5 Å². The molecular weight excluding hydrogens is 194 g/mol. The van der Waals surface area contributed by atoms with Crippen molar-refractivity contribution in [1.82, 2.24) is 4.98 Å². The second-order valence-electron chi connectivity index (χ2n) is 3.17. The molecule has 78 valence electrons. The van der Waals surface area contributed by atoms with Gasteiger partial charge in [0, 0.05) is 0 Å². The summed E-state index contributed by atoms with van der Waals surface area (Å²) < 4.78 is 10.5. The van der Waals surface area contributed by atoms with Gasteiger partial charge in [-0.15, -0.1) is 0 Å². The zero-order valence-corrected chi connectivity index (χ0v) is 8.30. The number of benzene rings is 1. The number of oxazole rings is 1. The average Bonchev–Trinajstić information content (AvgIpc) is 2.64. The summed E-state index contributed by atoms with van der Waals surface area (Å²) in [6.45, 7) is 2.15. The van der Waals surface area contributed by atoms with Gasteiger partial charge in [0.15, 0.2) is 6.61 Å². The van der Waals surface area contributed by atoms with Crippen LogP contribution < -0.4 is 4.74 Å². The topological polar surface area (TPSA) is 55.5 Å². The highest BCUT2D eigenvalue weighted by atomic mass is 16.5. The number of hydrogen-bond acceptors (Lipinski definition) is 4. The van der Waals surface area contributed by atoms with E-state index in [0.29, 0.717) is 18.2 Å². The molecule has 4 heteroatoms. The van der Waals surface area contributed by atoms with Gasteiger partial charge in [0.1, 0.15) is 17.8 Å². The summed E-state index contributed by atoms with van der Waals surface area (Å²) in [7, 11) is 0. The third-order valence-electron chi connectivity index (χ3n) is 1.87. The molecule has 0 unspecified atom stereocenters. The van der Waals surface area contributed by atoms with Crippen LogP contribution >= 0.6 is 0 Å². The molecule has 0 saturated carbocycles. The van der Waals surface area contributed by atoms with Gasteiger partial charge in [0.05, 0.1) is 5.69 Å². The fourth-order valence-electron chi connectivity index (χ4n) is 1.16. The molecule has 0 aliphatic heterocycles. The Bertz CT molecular complexity index is 433. The highest BCUT2D eigenvalue weighted by Gasteiger charge is 2.01. The lowest BCUT2D eigenvalue weighted by molar-refractivity contribution is 0.262. The number of ether oxygens (including phenoxy) is 1. The molecule has 1 N–H and O–H groups in total. The number of hydrogen-bond donors (Lipinski definition) is 1. The molecule has 1 heterocycles. The lowest BCUT2D eigenvalue weighted by Gasteiger charge is -2.02. The van der Waals surface area contributed by atoms with Gasteiger partial charge in [-0.05, 0) is 31.2 Å². The first-order valence-electron chi connectivity index (χ1n) is 4.57. The van der Waals surface area contributed by atoms with Gasteiger partial charge in [-0.1, -0.05) is 0 Å². The zero-order valence-electron chi connectivity index (χ0n) is 8.30. The Morgan fingerprint density at radius 1 is 1.33 bits per heavy atom. The van der Waals surface area contributed by atoms with Crippen LogP contribution in [0.15, 0.2) is 34.9 Å². The molecule has 0 radical (unpaired) electrons. The molecule has 2 aromatic rings.